The van der Waals surface area contributed by atoms with Crippen molar-refractivity contribution in [3.8, 4) is 0 Å². The Kier molecular flexibility index (Phi) is 3.22. The Labute approximate surface area is 123 Å². The summed E-state index contributed by atoms with van der Waals surface area (Å²) in [5.74, 6) is -2.12. The van der Waals surface area contributed by atoms with Crippen LogP contribution in [0, 0.1) is 0 Å². The molecule has 0 saturated carbocycles. The van der Waals surface area contributed by atoms with Gasteiger partial charge in [0.1, 0.15) is 0 Å². The van der Waals surface area contributed by atoms with Crippen molar-refractivity contribution in [1.82, 2.24) is 14.7 Å². The van der Waals surface area contributed by atoms with E-state index in [1.54, 1.807) is 12.1 Å². The number of hydroxylamine groups is 2. The summed E-state index contributed by atoms with van der Waals surface area (Å²) in [6.07, 6.45) is 0.503. The standard InChI is InChI=1S/C13H9N3O4S/c1-2-9-10(21-15-14-9)13(19)20-16-11(17)7-5-3-4-6-8(7)12(16)18/h3-6H,2H2,1H3. The Morgan fingerprint density at radius 2 is 1.86 bits per heavy atom. The third kappa shape index (κ3) is 2.09. The fourth-order valence-corrected chi connectivity index (χ4v) is 2.59. The van der Waals surface area contributed by atoms with Crippen LogP contribution < -0.4 is 0 Å². The summed E-state index contributed by atoms with van der Waals surface area (Å²) in [4.78, 5) is 41.3. The Bertz CT molecular complexity index is 720. The van der Waals surface area contributed by atoms with Gasteiger partial charge in [-0.2, -0.15) is 0 Å². The number of rotatable bonds is 3. The van der Waals surface area contributed by atoms with Gasteiger partial charge in [0.25, 0.3) is 11.8 Å². The van der Waals surface area contributed by atoms with Crippen LogP contribution in [0.15, 0.2) is 24.3 Å². The van der Waals surface area contributed by atoms with E-state index in [1.807, 2.05) is 6.92 Å². The molecule has 21 heavy (non-hydrogen) atoms. The summed E-state index contributed by atoms with van der Waals surface area (Å²) in [7, 11) is 0. The van der Waals surface area contributed by atoms with Crippen molar-refractivity contribution in [1.29, 1.82) is 0 Å². The van der Waals surface area contributed by atoms with E-state index in [4.69, 9.17) is 4.84 Å². The highest BCUT2D eigenvalue weighted by molar-refractivity contribution is 7.07. The second-order valence-electron chi connectivity index (χ2n) is 4.23. The van der Waals surface area contributed by atoms with Crippen LogP contribution in [0.1, 0.15) is 43.0 Å². The van der Waals surface area contributed by atoms with Crippen LogP contribution in [-0.2, 0) is 11.3 Å². The highest BCUT2D eigenvalue weighted by Gasteiger charge is 2.39. The lowest BCUT2D eigenvalue weighted by molar-refractivity contribution is -0.0582. The average Bonchev–Trinajstić information content (AvgIpc) is 3.07. The third-order valence-electron chi connectivity index (χ3n) is 3.01. The van der Waals surface area contributed by atoms with Crippen molar-refractivity contribution < 1.29 is 19.2 Å². The van der Waals surface area contributed by atoms with Crippen molar-refractivity contribution in [2.45, 2.75) is 13.3 Å². The summed E-state index contributed by atoms with van der Waals surface area (Å²) in [5.41, 5.74) is 0.906. The van der Waals surface area contributed by atoms with Crippen molar-refractivity contribution in [3.05, 3.63) is 46.0 Å². The zero-order valence-electron chi connectivity index (χ0n) is 10.9. The molecule has 2 aromatic rings. The summed E-state index contributed by atoms with van der Waals surface area (Å²) >= 11 is 0.867. The van der Waals surface area contributed by atoms with Gasteiger partial charge >= 0.3 is 5.97 Å². The molecule has 1 aromatic carbocycles. The summed E-state index contributed by atoms with van der Waals surface area (Å²) < 4.78 is 3.67. The van der Waals surface area contributed by atoms with Crippen LogP contribution in [0.5, 0.6) is 0 Å². The predicted molar refractivity (Wildman–Crippen MR) is 71.6 cm³/mol. The van der Waals surface area contributed by atoms with Gasteiger partial charge in [0.05, 0.1) is 16.8 Å². The molecule has 1 aliphatic heterocycles. The van der Waals surface area contributed by atoms with Crippen molar-refractivity contribution in [2.24, 2.45) is 0 Å². The van der Waals surface area contributed by atoms with Crippen LogP contribution in [0.2, 0.25) is 0 Å². The van der Waals surface area contributed by atoms with Gasteiger partial charge < -0.3 is 4.84 Å². The number of carbonyl (C=O) groups excluding carboxylic acids is 3. The highest BCUT2D eigenvalue weighted by Crippen LogP contribution is 2.24. The van der Waals surface area contributed by atoms with E-state index in [9.17, 15) is 14.4 Å². The number of aryl methyl sites for hydroxylation is 1. The van der Waals surface area contributed by atoms with Gasteiger partial charge in [0.15, 0.2) is 4.88 Å². The SMILES string of the molecule is CCc1nnsc1C(=O)ON1C(=O)c2ccccc2C1=O. The molecular formula is C13H9N3O4S. The van der Waals surface area contributed by atoms with Gasteiger partial charge in [-0.25, -0.2) is 4.79 Å². The molecule has 0 fully saturated rings. The topological polar surface area (TPSA) is 89.5 Å². The first-order valence-corrected chi connectivity index (χ1v) is 6.92. The number of hydrogen-bond acceptors (Lipinski definition) is 7. The lowest BCUT2D eigenvalue weighted by Crippen LogP contribution is -2.32. The van der Waals surface area contributed by atoms with Crippen molar-refractivity contribution >= 4 is 29.3 Å². The molecule has 1 aromatic heterocycles. The maximum atomic E-state index is 12.1. The fraction of sp³-hybridized carbons (Fsp3) is 0.154. The van der Waals surface area contributed by atoms with E-state index in [0.717, 1.165) is 11.5 Å². The molecule has 106 valence electrons. The highest BCUT2D eigenvalue weighted by atomic mass is 32.1. The first-order chi connectivity index (χ1) is 10.1. The number of carbonyl (C=O) groups is 3. The number of hydrogen-bond donors (Lipinski definition) is 0. The van der Waals surface area contributed by atoms with E-state index in [1.165, 1.54) is 12.1 Å². The van der Waals surface area contributed by atoms with Crippen LogP contribution in [0.25, 0.3) is 0 Å². The number of aromatic nitrogens is 2. The molecule has 0 aliphatic carbocycles. The molecule has 0 spiro atoms. The van der Waals surface area contributed by atoms with Gasteiger partial charge in [-0.3, -0.25) is 9.59 Å². The minimum absolute atomic E-state index is 0.189. The minimum atomic E-state index is -0.809. The average molecular weight is 303 g/mol. The molecule has 3 rings (SSSR count). The van der Waals surface area contributed by atoms with Crippen LogP contribution in [-0.4, -0.2) is 32.4 Å². The normalized spacial score (nSPS) is 13.5. The lowest BCUT2D eigenvalue weighted by atomic mass is 10.1. The number of nitrogens with zero attached hydrogens (tertiary/aromatic N) is 3. The smallest absolute Gasteiger partial charge is 0.323 e. The summed E-state index contributed by atoms with van der Waals surface area (Å²) in [6, 6.07) is 6.29. The molecule has 0 atom stereocenters. The summed E-state index contributed by atoms with van der Waals surface area (Å²) in [5, 5.41) is 4.27. The monoisotopic (exact) mass is 303 g/mol. The number of benzene rings is 1. The molecular weight excluding hydrogens is 294 g/mol. The Hall–Kier alpha value is -2.61. The van der Waals surface area contributed by atoms with Gasteiger partial charge in [0, 0.05) is 0 Å². The second-order valence-corrected chi connectivity index (χ2v) is 4.99. The van der Waals surface area contributed by atoms with E-state index in [2.05, 4.69) is 9.59 Å². The predicted octanol–water partition coefficient (Wildman–Crippen LogP) is 1.47. The zero-order chi connectivity index (χ0) is 15.0. The maximum Gasteiger partial charge on any atom is 0.377 e. The van der Waals surface area contributed by atoms with Crippen molar-refractivity contribution in [3.63, 3.8) is 0 Å². The van der Waals surface area contributed by atoms with Gasteiger partial charge in [-0.15, -0.1) is 5.10 Å². The quantitative estimate of drug-likeness (QED) is 0.798. The molecule has 2 heterocycles. The summed E-state index contributed by atoms with van der Waals surface area (Å²) in [6.45, 7) is 1.82. The van der Waals surface area contributed by atoms with Crippen LogP contribution in [0.3, 0.4) is 0 Å². The van der Waals surface area contributed by atoms with E-state index >= 15 is 0 Å². The first kappa shape index (κ1) is 13.4. The second kappa shape index (κ2) is 5.06. The molecule has 8 heteroatoms. The molecule has 2 amide bonds. The van der Waals surface area contributed by atoms with E-state index in [-0.39, 0.29) is 16.0 Å². The van der Waals surface area contributed by atoms with Gasteiger partial charge in [0.2, 0.25) is 0 Å². The van der Waals surface area contributed by atoms with Crippen molar-refractivity contribution in [2.75, 3.05) is 0 Å². The molecule has 1 aliphatic rings. The van der Waals surface area contributed by atoms with Gasteiger partial charge in [-0.05, 0) is 30.1 Å². The Morgan fingerprint density at radius 1 is 1.24 bits per heavy atom. The zero-order valence-corrected chi connectivity index (χ0v) is 11.7. The van der Waals surface area contributed by atoms with Gasteiger partial charge in [-0.1, -0.05) is 28.6 Å². The first-order valence-electron chi connectivity index (χ1n) is 6.14. The van der Waals surface area contributed by atoms with E-state index in [0.29, 0.717) is 17.2 Å². The Morgan fingerprint density at radius 3 is 2.43 bits per heavy atom. The molecule has 0 radical (unpaired) electrons. The molecule has 0 unspecified atom stereocenters. The minimum Gasteiger partial charge on any atom is -0.323 e. The van der Waals surface area contributed by atoms with Crippen LogP contribution >= 0.6 is 11.5 Å². The van der Waals surface area contributed by atoms with E-state index < -0.39 is 17.8 Å². The number of imide groups is 1. The largest absolute Gasteiger partial charge is 0.377 e. The molecule has 0 bridgehead atoms. The molecule has 0 N–H and O–H groups in total. The lowest BCUT2D eigenvalue weighted by Gasteiger charge is -2.11. The Balaban J connectivity index is 1.86. The maximum absolute atomic E-state index is 12.1. The van der Waals surface area contributed by atoms with Crippen LogP contribution in [0.4, 0.5) is 0 Å². The number of fused-ring (bicyclic) bond motifs is 1. The number of amides is 2. The molecule has 0 saturated heterocycles. The third-order valence-corrected chi connectivity index (χ3v) is 3.76. The fourth-order valence-electron chi connectivity index (χ4n) is 1.97. The molecule has 7 nitrogen and oxygen atoms in total.